The van der Waals surface area contributed by atoms with Gasteiger partial charge in [0, 0.05) is 16.4 Å². The molecule has 0 saturated heterocycles. The van der Waals surface area contributed by atoms with Crippen LogP contribution >= 0.6 is 23.2 Å². The van der Waals surface area contributed by atoms with Crippen LogP contribution in [0.25, 0.3) is 0 Å². The molecule has 2 aromatic carbocycles. The maximum atomic E-state index is 13.2. The second-order valence-electron chi connectivity index (χ2n) is 4.04. The lowest BCUT2D eigenvalue weighted by atomic mass is 10.3. The topological polar surface area (TPSA) is 41.1 Å². The van der Waals surface area contributed by atoms with Gasteiger partial charge in [-0.15, -0.1) is 0 Å². The molecule has 2 N–H and O–H groups in total. The van der Waals surface area contributed by atoms with E-state index in [1.54, 1.807) is 30.3 Å². The summed E-state index contributed by atoms with van der Waals surface area (Å²) < 4.78 is 13.2. The van der Waals surface area contributed by atoms with Gasteiger partial charge in [0.05, 0.1) is 11.6 Å². The molecule has 6 heteroatoms. The molecule has 104 valence electrons. The average molecular weight is 313 g/mol. The third kappa shape index (κ3) is 4.11. The Morgan fingerprint density at radius 1 is 1.10 bits per heavy atom. The zero-order valence-electron chi connectivity index (χ0n) is 10.3. The summed E-state index contributed by atoms with van der Waals surface area (Å²) in [7, 11) is 0. The Morgan fingerprint density at radius 2 is 1.90 bits per heavy atom. The smallest absolute Gasteiger partial charge is 0.243 e. The normalized spacial score (nSPS) is 10.2. The fraction of sp³-hybridized carbons (Fsp3) is 0.0714. The van der Waals surface area contributed by atoms with Gasteiger partial charge in [0.2, 0.25) is 5.91 Å². The number of amides is 1. The number of carbonyl (C=O) groups excluding carboxylic acids is 1. The second-order valence-corrected chi connectivity index (χ2v) is 4.88. The molecular weight excluding hydrogens is 302 g/mol. The molecule has 0 unspecified atom stereocenters. The number of anilines is 2. The van der Waals surface area contributed by atoms with Crippen LogP contribution in [0.1, 0.15) is 0 Å². The van der Waals surface area contributed by atoms with E-state index < -0.39 is 5.82 Å². The Kier molecular flexibility index (Phi) is 4.82. The maximum Gasteiger partial charge on any atom is 0.243 e. The molecule has 0 aliphatic rings. The molecule has 0 spiro atoms. The van der Waals surface area contributed by atoms with Gasteiger partial charge in [-0.25, -0.2) is 4.39 Å². The van der Waals surface area contributed by atoms with E-state index in [-0.39, 0.29) is 17.5 Å². The Hall–Kier alpha value is -1.78. The molecule has 3 nitrogen and oxygen atoms in total. The van der Waals surface area contributed by atoms with Gasteiger partial charge in [-0.3, -0.25) is 4.79 Å². The van der Waals surface area contributed by atoms with Crippen molar-refractivity contribution in [3.63, 3.8) is 0 Å². The molecular formula is C14H11Cl2FN2O. The van der Waals surface area contributed by atoms with Crippen molar-refractivity contribution in [1.82, 2.24) is 0 Å². The zero-order chi connectivity index (χ0) is 14.5. The van der Waals surface area contributed by atoms with Crippen molar-refractivity contribution in [2.45, 2.75) is 0 Å². The van der Waals surface area contributed by atoms with Crippen molar-refractivity contribution in [3.8, 4) is 0 Å². The SMILES string of the molecule is O=C(CNc1ccc(Cl)c(F)c1)Nc1cccc(Cl)c1. The predicted octanol–water partition coefficient (Wildman–Crippen LogP) is 4.18. The van der Waals surface area contributed by atoms with E-state index in [2.05, 4.69) is 10.6 Å². The highest BCUT2D eigenvalue weighted by atomic mass is 35.5. The van der Waals surface area contributed by atoms with Gasteiger partial charge >= 0.3 is 0 Å². The Balaban J connectivity index is 1.90. The molecule has 0 aliphatic heterocycles. The monoisotopic (exact) mass is 312 g/mol. The van der Waals surface area contributed by atoms with Crippen molar-refractivity contribution in [2.75, 3.05) is 17.2 Å². The summed E-state index contributed by atoms with van der Waals surface area (Å²) in [5.74, 6) is -0.797. The van der Waals surface area contributed by atoms with Crippen LogP contribution in [0.5, 0.6) is 0 Å². The van der Waals surface area contributed by atoms with E-state index in [1.807, 2.05) is 0 Å². The minimum atomic E-state index is -0.535. The van der Waals surface area contributed by atoms with Gasteiger partial charge in [-0.05, 0) is 36.4 Å². The average Bonchev–Trinajstić information content (AvgIpc) is 2.40. The predicted molar refractivity (Wildman–Crippen MR) is 80.0 cm³/mol. The van der Waals surface area contributed by atoms with Gasteiger partial charge in [0.25, 0.3) is 0 Å². The maximum absolute atomic E-state index is 13.2. The highest BCUT2D eigenvalue weighted by Gasteiger charge is 2.04. The van der Waals surface area contributed by atoms with E-state index in [0.29, 0.717) is 16.4 Å². The molecule has 0 saturated carbocycles. The first-order chi connectivity index (χ1) is 9.54. The first kappa shape index (κ1) is 14.6. The van der Waals surface area contributed by atoms with Crippen LogP contribution in [0, 0.1) is 5.82 Å². The number of carbonyl (C=O) groups is 1. The van der Waals surface area contributed by atoms with Gasteiger partial charge in [0.1, 0.15) is 5.82 Å². The molecule has 0 fully saturated rings. The molecule has 0 atom stereocenters. The number of nitrogens with one attached hydrogen (secondary N) is 2. The summed E-state index contributed by atoms with van der Waals surface area (Å²) in [6, 6.07) is 11.1. The van der Waals surface area contributed by atoms with Gasteiger partial charge < -0.3 is 10.6 Å². The highest BCUT2D eigenvalue weighted by Crippen LogP contribution is 2.18. The minimum absolute atomic E-state index is 0.00753. The first-order valence-corrected chi connectivity index (χ1v) is 6.54. The number of benzene rings is 2. The lowest BCUT2D eigenvalue weighted by molar-refractivity contribution is -0.114. The third-order valence-corrected chi connectivity index (χ3v) is 3.02. The molecule has 2 rings (SSSR count). The van der Waals surface area contributed by atoms with E-state index in [9.17, 15) is 9.18 Å². The summed E-state index contributed by atoms with van der Waals surface area (Å²) >= 11 is 11.4. The van der Waals surface area contributed by atoms with Crippen LogP contribution in [0.4, 0.5) is 15.8 Å². The van der Waals surface area contributed by atoms with E-state index in [1.165, 1.54) is 12.1 Å². The van der Waals surface area contributed by atoms with E-state index >= 15 is 0 Å². The minimum Gasteiger partial charge on any atom is -0.376 e. The van der Waals surface area contributed by atoms with Crippen molar-refractivity contribution in [1.29, 1.82) is 0 Å². The van der Waals surface area contributed by atoms with Crippen LogP contribution < -0.4 is 10.6 Å². The van der Waals surface area contributed by atoms with Crippen LogP contribution in [0.2, 0.25) is 10.0 Å². The molecule has 1 amide bonds. The Bertz CT molecular complexity index is 634. The number of rotatable bonds is 4. The van der Waals surface area contributed by atoms with Crippen LogP contribution in [-0.2, 0) is 4.79 Å². The molecule has 0 aliphatic carbocycles. The zero-order valence-corrected chi connectivity index (χ0v) is 11.8. The summed E-state index contributed by atoms with van der Waals surface area (Å²) in [4.78, 5) is 11.7. The van der Waals surface area contributed by atoms with Gasteiger partial charge in [0.15, 0.2) is 0 Å². The molecule has 0 bridgehead atoms. The molecule has 0 radical (unpaired) electrons. The summed E-state index contributed by atoms with van der Waals surface area (Å²) in [6.07, 6.45) is 0. The Labute approximate surface area is 125 Å². The third-order valence-electron chi connectivity index (χ3n) is 2.48. The lowest BCUT2D eigenvalue weighted by Gasteiger charge is -2.08. The fourth-order valence-electron chi connectivity index (χ4n) is 1.56. The molecule has 2 aromatic rings. The highest BCUT2D eigenvalue weighted by molar-refractivity contribution is 6.31. The van der Waals surface area contributed by atoms with Crippen molar-refractivity contribution in [3.05, 3.63) is 58.3 Å². The molecule has 20 heavy (non-hydrogen) atoms. The number of hydrogen-bond donors (Lipinski definition) is 2. The van der Waals surface area contributed by atoms with E-state index in [4.69, 9.17) is 23.2 Å². The number of hydrogen-bond acceptors (Lipinski definition) is 2. The fourth-order valence-corrected chi connectivity index (χ4v) is 1.87. The second kappa shape index (κ2) is 6.59. The summed E-state index contributed by atoms with van der Waals surface area (Å²) in [5.41, 5.74) is 1.08. The van der Waals surface area contributed by atoms with E-state index in [0.717, 1.165) is 0 Å². The molecule has 0 heterocycles. The summed E-state index contributed by atoms with van der Waals surface area (Å²) in [6.45, 7) is 0.00753. The summed E-state index contributed by atoms with van der Waals surface area (Å²) in [5, 5.41) is 6.06. The van der Waals surface area contributed by atoms with Crippen molar-refractivity contribution in [2.24, 2.45) is 0 Å². The first-order valence-electron chi connectivity index (χ1n) is 5.79. The molecule has 0 aromatic heterocycles. The quantitative estimate of drug-likeness (QED) is 0.889. The van der Waals surface area contributed by atoms with Gasteiger partial charge in [-0.2, -0.15) is 0 Å². The largest absolute Gasteiger partial charge is 0.376 e. The van der Waals surface area contributed by atoms with Crippen LogP contribution in [0.3, 0.4) is 0 Å². The standard InChI is InChI=1S/C14H11Cl2FN2O/c15-9-2-1-3-11(6-9)19-14(20)8-18-10-4-5-12(16)13(17)7-10/h1-7,18H,8H2,(H,19,20). The van der Waals surface area contributed by atoms with Gasteiger partial charge in [-0.1, -0.05) is 29.3 Å². The number of halogens is 3. The van der Waals surface area contributed by atoms with Crippen molar-refractivity contribution >= 4 is 40.5 Å². The van der Waals surface area contributed by atoms with Crippen LogP contribution in [-0.4, -0.2) is 12.5 Å². The lowest BCUT2D eigenvalue weighted by Crippen LogP contribution is -2.21. The Morgan fingerprint density at radius 3 is 2.60 bits per heavy atom. The van der Waals surface area contributed by atoms with Crippen LogP contribution in [0.15, 0.2) is 42.5 Å². The van der Waals surface area contributed by atoms with Crippen molar-refractivity contribution < 1.29 is 9.18 Å².